The Morgan fingerprint density at radius 3 is 3.00 bits per heavy atom. The Bertz CT molecular complexity index is 842. The number of likely N-dealkylation sites (tertiary alicyclic amines) is 1. The van der Waals surface area contributed by atoms with Gasteiger partial charge >= 0.3 is 6.03 Å². The number of likely N-dealkylation sites (N-methyl/N-ethyl adjacent to an activating group) is 1. The summed E-state index contributed by atoms with van der Waals surface area (Å²) in [6.45, 7) is 4.51. The first kappa shape index (κ1) is 17.8. The smallest absolute Gasteiger partial charge is 0.321 e. The first-order chi connectivity index (χ1) is 13.0. The van der Waals surface area contributed by atoms with Gasteiger partial charge in [-0.1, -0.05) is 0 Å². The molecule has 1 N–H and O–H groups in total. The number of nitrogens with zero attached hydrogens (tertiary/aromatic N) is 6. The molecule has 27 heavy (non-hydrogen) atoms. The van der Waals surface area contributed by atoms with Gasteiger partial charge in [0, 0.05) is 25.3 Å². The van der Waals surface area contributed by atoms with Crippen LogP contribution in [0, 0.1) is 12.7 Å². The zero-order valence-electron chi connectivity index (χ0n) is 15.3. The summed E-state index contributed by atoms with van der Waals surface area (Å²) >= 11 is 0. The van der Waals surface area contributed by atoms with Gasteiger partial charge in [0.25, 0.3) is 0 Å². The Kier molecular flexibility index (Phi) is 4.75. The topological polar surface area (TPSA) is 88.4 Å². The Balaban J connectivity index is 1.48. The van der Waals surface area contributed by atoms with Crippen LogP contribution in [0.25, 0.3) is 5.69 Å². The standard InChI is InChI=1S/C17H22FN7O2/c1-11-20-21-22-25(11)14-9-12(3-4-13(14)18)19-17(26)24-6-5-16-15(10-24)23(2)7-8-27-16/h3-4,9,15-16H,5-8,10H2,1-2H3,(H,19,26)/t15-,16-/m0/s1. The minimum Gasteiger partial charge on any atom is -0.375 e. The van der Waals surface area contributed by atoms with Gasteiger partial charge in [0.05, 0.1) is 18.8 Å². The van der Waals surface area contributed by atoms with Crippen molar-refractivity contribution in [2.24, 2.45) is 0 Å². The minimum atomic E-state index is -0.467. The fourth-order valence-corrected chi connectivity index (χ4v) is 3.64. The van der Waals surface area contributed by atoms with E-state index in [0.29, 0.717) is 24.6 Å². The second-order valence-corrected chi connectivity index (χ2v) is 6.93. The molecule has 3 heterocycles. The van der Waals surface area contributed by atoms with Gasteiger partial charge in [-0.25, -0.2) is 9.18 Å². The molecular formula is C17H22FN7O2. The van der Waals surface area contributed by atoms with Crippen LogP contribution in [0.5, 0.6) is 0 Å². The molecule has 2 atom stereocenters. The number of fused-ring (bicyclic) bond motifs is 1. The van der Waals surface area contributed by atoms with E-state index in [4.69, 9.17) is 4.74 Å². The molecule has 144 valence electrons. The lowest BCUT2D eigenvalue weighted by molar-refractivity contribution is -0.0875. The van der Waals surface area contributed by atoms with Crippen LogP contribution < -0.4 is 5.32 Å². The lowest BCUT2D eigenvalue weighted by Gasteiger charge is -2.45. The Labute approximate surface area is 156 Å². The van der Waals surface area contributed by atoms with Crippen molar-refractivity contribution in [2.75, 3.05) is 38.6 Å². The van der Waals surface area contributed by atoms with Crippen LogP contribution in [-0.4, -0.2) is 81.5 Å². The van der Waals surface area contributed by atoms with Crippen molar-refractivity contribution in [3.05, 3.63) is 29.8 Å². The van der Waals surface area contributed by atoms with Crippen molar-refractivity contribution in [1.82, 2.24) is 30.0 Å². The largest absolute Gasteiger partial charge is 0.375 e. The number of rotatable bonds is 2. The van der Waals surface area contributed by atoms with Gasteiger partial charge in [-0.05, 0) is 49.0 Å². The number of piperidine rings is 1. The lowest BCUT2D eigenvalue weighted by Crippen LogP contribution is -2.60. The molecule has 2 amide bonds. The van der Waals surface area contributed by atoms with E-state index >= 15 is 0 Å². The summed E-state index contributed by atoms with van der Waals surface area (Å²) in [4.78, 5) is 16.7. The predicted molar refractivity (Wildman–Crippen MR) is 95.2 cm³/mol. The summed E-state index contributed by atoms with van der Waals surface area (Å²) in [5.74, 6) is -0.00928. The van der Waals surface area contributed by atoms with Crippen LogP contribution in [0.4, 0.5) is 14.9 Å². The number of aromatic nitrogens is 4. The molecule has 1 aromatic carbocycles. The maximum atomic E-state index is 14.2. The van der Waals surface area contributed by atoms with E-state index in [1.807, 2.05) is 0 Å². The van der Waals surface area contributed by atoms with Crippen molar-refractivity contribution in [3.8, 4) is 5.69 Å². The van der Waals surface area contributed by atoms with E-state index in [0.717, 1.165) is 19.6 Å². The molecule has 2 aromatic rings. The normalized spacial score (nSPS) is 23.1. The maximum Gasteiger partial charge on any atom is 0.321 e. The van der Waals surface area contributed by atoms with E-state index < -0.39 is 5.82 Å². The first-order valence-electron chi connectivity index (χ1n) is 8.95. The Morgan fingerprint density at radius 1 is 1.37 bits per heavy atom. The fourth-order valence-electron chi connectivity index (χ4n) is 3.64. The third-order valence-corrected chi connectivity index (χ3v) is 5.20. The average molecular weight is 375 g/mol. The van der Waals surface area contributed by atoms with Crippen LogP contribution in [-0.2, 0) is 4.74 Å². The number of hydrogen-bond acceptors (Lipinski definition) is 6. The second-order valence-electron chi connectivity index (χ2n) is 6.93. The number of benzene rings is 1. The minimum absolute atomic E-state index is 0.174. The van der Waals surface area contributed by atoms with E-state index in [-0.39, 0.29) is 23.9 Å². The van der Waals surface area contributed by atoms with Crippen molar-refractivity contribution >= 4 is 11.7 Å². The quantitative estimate of drug-likeness (QED) is 0.844. The highest BCUT2D eigenvalue weighted by Gasteiger charge is 2.36. The van der Waals surface area contributed by atoms with Gasteiger partial charge in [0.2, 0.25) is 0 Å². The molecule has 10 heteroatoms. The molecule has 0 saturated carbocycles. The summed E-state index contributed by atoms with van der Waals surface area (Å²) in [6.07, 6.45) is 0.981. The van der Waals surface area contributed by atoms with Crippen molar-refractivity contribution in [3.63, 3.8) is 0 Å². The van der Waals surface area contributed by atoms with Crippen molar-refractivity contribution < 1.29 is 13.9 Å². The molecule has 2 aliphatic heterocycles. The monoisotopic (exact) mass is 375 g/mol. The van der Waals surface area contributed by atoms with Crippen LogP contribution in [0.15, 0.2) is 18.2 Å². The average Bonchev–Trinajstić information content (AvgIpc) is 3.09. The number of anilines is 1. The van der Waals surface area contributed by atoms with Crippen LogP contribution in [0.3, 0.4) is 0 Å². The van der Waals surface area contributed by atoms with Crippen molar-refractivity contribution in [1.29, 1.82) is 0 Å². The number of tetrazole rings is 1. The summed E-state index contributed by atoms with van der Waals surface area (Å²) < 4.78 is 21.3. The Morgan fingerprint density at radius 2 is 2.22 bits per heavy atom. The van der Waals surface area contributed by atoms with Gasteiger partial charge < -0.3 is 15.0 Å². The number of aryl methyl sites for hydroxylation is 1. The first-order valence-corrected chi connectivity index (χ1v) is 8.95. The number of ether oxygens (including phenoxy) is 1. The summed E-state index contributed by atoms with van der Waals surface area (Å²) in [5.41, 5.74) is 0.677. The van der Waals surface area contributed by atoms with E-state index in [1.54, 1.807) is 11.8 Å². The molecule has 1 aromatic heterocycles. The van der Waals surface area contributed by atoms with Crippen LogP contribution >= 0.6 is 0 Å². The number of morpholine rings is 1. The van der Waals surface area contributed by atoms with Crippen LogP contribution in [0.2, 0.25) is 0 Å². The summed E-state index contributed by atoms with van der Waals surface area (Å²) in [5, 5.41) is 13.9. The number of hydrogen-bond donors (Lipinski definition) is 1. The predicted octanol–water partition coefficient (Wildman–Crippen LogP) is 1.05. The zero-order chi connectivity index (χ0) is 19.0. The molecule has 0 aliphatic carbocycles. The van der Waals surface area contributed by atoms with E-state index in [2.05, 4.69) is 32.8 Å². The van der Waals surface area contributed by atoms with Gasteiger partial charge in [0.15, 0.2) is 5.82 Å². The van der Waals surface area contributed by atoms with Gasteiger partial charge in [-0.15, -0.1) is 5.10 Å². The second kappa shape index (κ2) is 7.20. The molecule has 2 fully saturated rings. The molecular weight excluding hydrogens is 353 g/mol. The number of amides is 2. The van der Waals surface area contributed by atoms with Gasteiger partial charge in [-0.3, -0.25) is 4.90 Å². The molecule has 0 spiro atoms. The number of urea groups is 1. The van der Waals surface area contributed by atoms with Gasteiger partial charge in [-0.2, -0.15) is 4.68 Å². The van der Waals surface area contributed by atoms with E-state index in [1.165, 1.54) is 22.9 Å². The maximum absolute atomic E-state index is 14.2. The SMILES string of the molecule is Cc1nnnn1-c1cc(NC(=O)N2CC[C@@H]3OCCN(C)[C@H]3C2)ccc1F. The molecule has 0 bridgehead atoms. The highest BCUT2D eigenvalue weighted by atomic mass is 19.1. The molecule has 2 saturated heterocycles. The summed E-state index contributed by atoms with van der Waals surface area (Å²) in [7, 11) is 2.06. The van der Waals surface area contributed by atoms with E-state index in [9.17, 15) is 9.18 Å². The molecule has 0 unspecified atom stereocenters. The molecule has 9 nitrogen and oxygen atoms in total. The number of halogens is 1. The fraction of sp³-hybridized carbons (Fsp3) is 0.529. The summed E-state index contributed by atoms with van der Waals surface area (Å²) in [6, 6.07) is 4.34. The van der Waals surface area contributed by atoms with Crippen molar-refractivity contribution in [2.45, 2.75) is 25.5 Å². The highest BCUT2D eigenvalue weighted by Crippen LogP contribution is 2.23. The number of nitrogens with one attached hydrogen (secondary N) is 1. The van der Waals surface area contributed by atoms with Gasteiger partial charge in [0.1, 0.15) is 11.5 Å². The molecule has 4 rings (SSSR count). The molecule has 0 radical (unpaired) electrons. The third kappa shape index (κ3) is 3.50. The zero-order valence-corrected chi connectivity index (χ0v) is 15.3. The Hall–Kier alpha value is -2.59. The molecule has 2 aliphatic rings. The highest BCUT2D eigenvalue weighted by molar-refractivity contribution is 5.89. The van der Waals surface area contributed by atoms with Crippen LogP contribution in [0.1, 0.15) is 12.2 Å². The number of carbonyl (C=O) groups is 1. The third-order valence-electron chi connectivity index (χ3n) is 5.20. The number of carbonyl (C=O) groups excluding carboxylic acids is 1. The lowest BCUT2D eigenvalue weighted by atomic mass is 9.99.